The molecule has 3 rings (SSSR count). The van der Waals surface area contributed by atoms with Crippen LogP contribution in [0, 0.1) is 0 Å². The van der Waals surface area contributed by atoms with Crippen LogP contribution >= 0.6 is 11.3 Å². The quantitative estimate of drug-likeness (QED) is 0.686. The number of nitrogens with two attached hydrogens (primary N) is 1. The van der Waals surface area contributed by atoms with E-state index in [0.717, 1.165) is 33.5 Å². The van der Waals surface area contributed by atoms with Crippen molar-refractivity contribution in [1.82, 2.24) is 4.90 Å². The molecule has 0 unspecified atom stereocenters. The summed E-state index contributed by atoms with van der Waals surface area (Å²) < 4.78 is 1.10. The lowest BCUT2D eigenvalue weighted by molar-refractivity contribution is 0.0767. The third kappa shape index (κ3) is 2.36. The van der Waals surface area contributed by atoms with E-state index in [4.69, 9.17) is 5.73 Å². The Bertz CT molecular complexity index is 643. The molecule has 0 spiro atoms. The average molecular weight is 272 g/mol. The van der Waals surface area contributed by atoms with Crippen LogP contribution in [0.4, 0.5) is 5.69 Å². The molecule has 3 nitrogen and oxygen atoms in total. The van der Waals surface area contributed by atoms with Crippen molar-refractivity contribution in [2.75, 3.05) is 12.3 Å². The van der Waals surface area contributed by atoms with Gasteiger partial charge in [-0.2, -0.15) is 0 Å². The summed E-state index contributed by atoms with van der Waals surface area (Å²) in [5.41, 5.74) is 6.50. The summed E-state index contributed by atoms with van der Waals surface area (Å²) >= 11 is 1.53. The second-order valence-corrected chi connectivity index (χ2v) is 5.97. The van der Waals surface area contributed by atoms with Crippen LogP contribution in [0.15, 0.2) is 36.9 Å². The van der Waals surface area contributed by atoms with Crippen LogP contribution in [0.25, 0.3) is 10.1 Å². The second-order valence-electron chi connectivity index (χ2n) is 4.89. The molecular formula is C15H16N2OS. The summed E-state index contributed by atoms with van der Waals surface area (Å²) in [7, 11) is 0. The number of carbonyl (C=O) groups is 1. The van der Waals surface area contributed by atoms with Gasteiger partial charge < -0.3 is 10.6 Å². The van der Waals surface area contributed by atoms with Gasteiger partial charge in [-0.05, 0) is 42.5 Å². The van der Waals surface area contributed by atoms with Gasteiger partial charge in [0.1, 0.15) is 0 Å². The molecule has 1 aromatic carbocycles. The van der Waals surface area contributed by atoms with Gasteiger partial charge in [-0.1, -0.05) is 6.08 Å². The van der Waals surface area contributed by atoms with Gasteiger partial charge in [0.25, 0.3) is 5.91 Å². The van der Waals surface area contributed by atoms with E-state index in [9.17, 15) is 4.79 Å². The Balaban J connectivity index is 1.93. The highest BCUT2D eigenvalue weighted by molar-refractivity contribution is 7.20. The number of hydrogen-bond donors (Lipinski definition) is 1. The lowest BCUT2D eigenvalue weighted by atomic mass is 10.2. The smallest absolute Gasteiger partial charge is 0.264 e. The first-order valence-electron chi connectivity index (χ1n) is 6.40. The van der Waals surface area contributed by atoms with E-state index >= 15 is 0 Å². The first kappa shape index (κ1) is 12.2. The summed E-state index contributed by atoms with van der Waals surface area (Å²) in [6.45, 7) is 4.36. The molecule has 2 N–H and O–H groups in total. The molecule has 1 aromatic heterocycles. The number of nitrogen functional groups attached to an aromatic ring is 1. The van der Waals surface area contributed by atoms with E-state index in [0.29, 0.717) is 12.6 Å². The molecule has 1 saturated carbocycles. The topological polar surface area (TPSA) is 46.3 Å². The average Bonchev–Trinajstić information content (AvgIpc) is 3.14. The third-order valence-electron chi connectivity index (χ3n) is 3.33. The van der Waals surface area contributed by atoms with E-state index in [1.807, 2.05) is 29.2 Å². The van der Waals surface area contributed by atoms with Crippen LogP contribution in [-0.4, -0.2) is 23.4 Å². The van der Waals surface area contributed by atoms with Crippen LogP contribution in [0.3, 0.4) is 0 Å². The SMILES string of the molecule is C=CCN(C(=O)c1cc2cc(N)ccc2s1)C1CC1. The van der Waals surface area contributed by atoms with Gasteiger partial charge in [-0.25, -0.2) is 0 Å². The Morgan fingerprint density at radius 1 is 1.47 bits per heavy atom. The molecule has 0 radical (unpaired) electrons. The number of benzene rings is 1. The molecule has 19 heavy (non-hydrogen) atoms. The van der Waals surface area contributed by atoms with Gasteiger partial charge in [0, 0.05) is 23.0 Å². The lowest BCUT2D eigenvalue weighted by Gasteiger charge is -2.19. The molecule has 0 atom stereocenters. The Labute approximate surface area is 116 Å². The van der Waals surface area contributed by atoms with Crippen molar-refractivity contribution >= 4 is 33.0 Å². The molecule has 1 heterocycles. The maximum absolute atomic E-state index is 12.5. The van der Waals surface area contributed by atoms with Gasteiger partial charge in [-0.15, -0.1) is 17.9 Å². The zero-order valence-corrected chi connectivity index (χ0v) is 11.5. The maximum atomic E-state index is 12.5. The highest BCUT2D eigenvalue weighted by atomic mass is 32.1. The first-order valence-corrected chi connectivity index (χ1v) is 7.21. The van der Waals surface area contributed by atoms with Gasteiger partial charge in [0.2, 0.25) is 0 Å². The third-order valence-corrected chi connectivity index (χ3v) is 4.43. The molecule has 1 fully saturated rings. The van der Waals surface area contributed by atoms with Crippen molar-refractivity contribution in [3.63, 3.8) is 0 Å². The Morgan fingerprint density at radius 2 is 2.26 bits per heavy atom. The Kier molecular flexibility index (Phi) is 3.03. The van der Waals surface area contributed by atoms with Crippen LogP contribution in [0.1, 0.15) is 22.5 Å². The summed E-state index contributed by atoms with van der Waals surface area (Å²) in [5, 5.41) is 1.04. The van der Waals surface area contributed by atoms with E-state index in [-0.39, 0.29) is 5.91 Å². The maximum Gasteiger partial charge on any atom is 0.264 e. The molecule has 4 heteroatoms. The van der Waals surface area contributed by atoms with Gasteiger partial charge in [-0.3, -0.25) is 4.79 Å². The highest BCUT2D eigenvalue weighted by Crippen LogP contribution is 2.32. The van der Waals surface area contributed by atoms with E-state index in [2.05, 4.69) is 6.58 Å². The first-order chi connectivity index (χ1) is 9.19. The number of anilines is 1. The number of amides is 1. The number of carbonyl (C=O) groups excluding carboxylic acids is 1. The fourth-order valence-corrected chi connectivity index (χ4v) is 3.23. The molecule has 0 aliphatic heterocycles. The molecule has 0 bridgehead atoms. The Morgan fingerprint density at radius 3 is 2.95 bits per heavy atom. The predicted octanol–water partition coefficient (Wildman–Crippen LogP) is 3.27. The normalized spacial score (nSPS) is 14.5. The molecule has 1 aliphatic carbocycles. The van der Waals surface area contributed by atoms with Crippen LogP contribution < -0.4 is 5.73 Å². The number of hydrogen-bond acceptors (Lipinski definition) is 3. The molecule has 2 aromatic rings. The molecule has 98 valence electrons. The minimum Gasteiger partial charge on any atom is -0.399 e. The number of fused-ring (bicyclic) bond motifs is 1. The number of rotatable bonds is 4. The lowest BCUT2D eigenvalue weighted by Crippen LogP contribution is -2.32. The van der Waals surface area contributed by atoms with Crippen LogP contribution in [0.2, 0.25) is 0 Å². The molecular weight excluding hydrogens is 256 g/mol. The van der Waals surface area contributed by atoms with Crippen LogP contribution in [-0.2, 0) is 0 Å². The number of nitrogens with zero attached hydrogens (tertiary/aromatic N) is 1. The predicted molar refractivity (Wildman–Crippen MR) is 80.5 cm³/mol. The minimum atomic E-state index is 0.113. The largest absolute Gasteiger partial charge is 0.399 e. The van der Waals surface area contributed by atoms with Crippen molar-refractivity contribution in [2.24, 2.45) is 0 Å². The van der Waals surface area contributed by atoms with Crippen LogP contribution in [0.5, 0.6) is 0 Å². The van der Waals surface area contributed by atoms with Crippen molar-refractivity contribution in [3.8, 4) is 0 Å². The van der Waals surface area contributed by atoms with Crippen molar-refractivity contribution in [1.29, 1.82) is 0 Å². The van der Waals surface area contributed by atoms with Crippen molar-refractivity contribution < 1.29 is 4.79 Å². The Hall–Kier alpha value is -1.81. The van der Waals surface area contributed by atoms with Gasteiger partial charge >= 0.3 is 0 Å². The summed E-state index contributed by atoms with van der Waals surface area (Å²) in [6.07, 6.45) is 4.01. The second kappa shape index (κ2) is 4.70. The standard InChI is InChI=1S/C15H16N2OS/c1-2-7-17(12-4-5-12)15(18)14-9-10-8-11(16)3-6-13(10)19-14/h2-3,6,8-9,12H,1,4-5,7,16H2. The molecule has 1 amide bonds. The summed E-state index contributed by atoms with van der Waals surface area (Å²) in [6, 6.07) is 8.10. The van der Waals surface area contributed by atoms with Gasteiger partial charge in [0.05, 0.1) is 4.88 Å². The molecule has 0 saturated heterocycles. The zero-order chi connectivity index (χ0) is 13.4. The van der Waals surface area contributed by atoms with Crippen molar-refractivity contribution in [2.45, 2.75) is 18.9 Å². The van der Waals surface area contributed by atoms with Gasteiger partial charge in [0.15, 0.2) is 0 Å². The fourth-order valence-electron chi connectivity index (χ4n) is 2.23. The fraction of sp³-hybridized carbons (Fsp3) is 0.267. The zero-order valence-electron chi connectivity index (χ0n) is 10.6. The van der Waals surface area contributed by atoms with E-state index in [1.54, 1.807) is 6.08 Å². The number of thiophene rings is 1. The van der Waals surface area contributed by atoms with Crippen molar-refractivity contribution in [3.05, 3.63) is 41.8 Å². The monoisotopic (exact) mass is 272 g/mol. The highest BCUT2D eigenvalue weighted by Gasteiger charge is 2.32. The minimum absolute atomic E-state index is 0.113. The molecule has 1 aliphatic rings. The summed E-state index contributed by atoms with van der Waals surface area (Å²) in [5.74, 6) is 0.113. The van der Waals surface area contributed by atoms with E-state index in [1.165, 1.54) is 11.3 Å². The van der Waals surface area contributed by atoms with E-state index < -0.39 is 0 Å². The summed E-state index contributed by atoms with van der Waals surface area (Å²) in [4.78, 5) is 15.2.